The van der Waals surface area contributed by atoms with Gasteiger partial charge in [0.25, 0.3) is 0 Å². The van der Waals surface area contributed by atoms with Crippen LogP contribution in [0.2, 0.25) is 0 Å². The second-order valence-corrected chi connectivity index (χ2v) is 4.12. The first kappa shape index (κ1) is 11.1. The first-order valence-corrected chi connectivity index (χ1v) is 5.37. The van der Waals surface area contributed by atoms with Crippen LogP contribution in [0.25, 0.3) is 0 Å². The maximum atomic E-state index is 13.7. The molecule has 0 bridgehead atoms. The van der Waals surface area contributed by atoms with Crippen LogP contribution in [0.15, 0.2) is 12.1 Å². The lowest BCUT2D eigenvalue weighted by Crippen LogP contribution is -2.22. The molecule has 1 atom stereocenters. The number of nitrogens with two attached hydrogens (primary N) is 1. The molecule has 0 heterocycles. The summed E-state index contributed by atoms with van der Waals surface area (Å²) < 4.78 is 13.7. The Morgan fingerprint density at radius 1 is 1.44 bits per heavy atom. The zero-order valence-electron chi connectivity index (χ0n) is 8.87. The van der Waals surface area contributed by atoms with Crippen LogP contribution in [-0.2, 0) is 17.6 Å². The van der Waals surface area contributed by atoms with Gasteiger partial charge < -0.3 is 10.8 Å². The molecule has 0 radical (unpaired) electrons. The lowest BCUT2D eigenvalue weighted by Gasteiger charge is -2.13. The molecule has 1 aromatic carbocycles. The van der Waals surface area contributed by atoms with Crippen LogP contribution >= 0.6 is 0 Å². The number of rotatable bonds is 3. The molecule has 2 rings (SSSR count). The van der Waals surface area contributed by atoms with Crippen molar-refractivity contribution in [3.05, 3.63) is 34.6 Å². The molecule has 1 aromatic rings. The summed E-state index contributed by atoms with van der Waals surface area (Å²) in [5.74, 6) is -2.45. The molecule has 3 N–H and O–H groups in total. The van der Waals surface area contributed by atoms with E-state index in [0.29, 0.717) is 0 Å². The maximum absolute atomic E-state index is 13.7. The molecule has 1 aliphatic carbocycles. The second-order valence-electron chi connectivity index (χ2n) is 4.12. The molecule has 16 heavy (non-hydrogen) atoms. The molecule has 0 spiro atoms. The van der Waals surface area contributed by atoms with E-state index in [2.05, 4.69) is 0 Å². The van der Waals surface area contributed by atoms with Crippen molar-refractivity contribution in [3.8, 4) is 0 Å². The standard InChI is InChI=1S/C12H14FNO2/c13-11-5-8-3-1-2-7(8)4-9(11)10(6-14)12(15)16/h4-5,10H,1-3,6,14H2,(H,15,16). The number of aryl methyl sites for hydroxylation is 2. The average molecular weight is 223 g/mol. The van der Waals surface area contributed by atoms with Crippen LogP contribution in [0.4, 0.5) is 4.39 Å². The molecule has 86 valence electrons. The fraction of sp³-hybridized carbons (Fsp3) is 0.417. The van der Waals surface area contributed by atoms with Gasteiger partial charge in [-0.05, 0) is 36.5 Å². The summed E-state index contributed by atoms with van der Waals surface area (Å²) in [7, 11) is 0. The highest BCUT2D eigenvalue weighted by atomic mass is 19.1. The van der Waals surface area contributed by atoms with E-state index in [1.165, 1.54) is 6.07 Å². The summed E-state index contributed by atoms with van der Waals surface area (Å²) in [5, 5.41) is 8.95. The Kier molecular flexibility index (Phi) is 2.92. The zero-order valence-corrected chi connectivity index (χ0v) is 8.87. The molecular weight excluding hydrogens is 209 g/mol. The van der Waals surface area contributed by atoms with Gasteiger partial charge in [0.1, 0.15) is 5.82 Å². The van der Waals surface area contributed by atoms with Crippen molar-refractivity contribution in [2.24, 2.45) is 5.73 Å². The van der Waals surface area contributed by atoms with Crippen LogP contribution in [0.5, 0.6) is 0 Å². The van der Waals surface area contributed by atoms with Gasteiger partial charge in [-0.1, -0.05) is 6.07 Å². The minimum absolute atomic E-state index is 0.0783. The third-order valence-electron chi connectivity index (χ3n) is 3.12. The summed E-state index contributed by atoms with van der Waals surface area (Å²) in [6, 6.07) is 3.13. The van der Waals surface area contributed by atoms with E-state index in [1.54, 1.807) is 6.07 Å². The van der Waals surface area contributed by atoms with Crippen molar-refractivity contribution in [1.29, 1.82) is 0 Å². The van der Waals surface area contributed by atoms with Crippen LogP contribution in [-0.4, -0.2) is 17.6 Å². The predicted octanol–water partition coefficient (Wildman–Crippen LogP) is 1.44. The van der Waals surface area contributed by atoms with E-state index >= 15 is 0 Å². The van der Waals surface area contributed by atoms with Crippen molar-refractivity contribution in [1.82, 2.24) is 0 Å². The second kappa shape index (κ2) is 4.22. The van der Waals surface area contributed by atoms with Crippen LogP contribution in [0.1, 0.15) is 29.0 Å². The van der Waals surface area contributed by atoms with Gasteiger partial charge in [-0.3, -0.25) is 4.79 Å². The summed E-state index contributed by atoms with van der Waals surface area (Å²) in [6.07, 6.45) is 2.80. The summed E-state index contributed by atoms with van der Waals surface area (Å²) in [4.78, 5) is 10.9. The van der Waals surface area contributed by atoms with Gasteiger partial charge in [0, 0.05) is 12.1 Å². The number of hydrogen-bond acceptors (Lipinski definition) is 2. The monoisotopic (exact) mass is 223 g/mol. The minimum atomic E-state index is -1.07. The van der Waals surface area contributed by atoms with E-state index in [4.69, 9.17) is 10.8 Å². The molecular formula is C12H14FNO2. The smallest absolute Gasteiger partial charge is 0.312 e. The van der Waals surface area contributed by atoms with Gasteiger partial charge in [-0.15, -0.1) is 0 Å². The van der Waals surface area contributed by atoms with E-state index < -0.39 is 17.7 Å². The van der Waals surface area contributed by atoms with Crippen LogP contribution in [0, 0.1) is 5.82 Å². The van der Waals surface area contributed by atoms with Gasteiger partial charge in [0.05, 0.1) is 5.92 Å². The van der Waals surface area contributed by atoms with E-state index in [1.807, 2.05) is 0 Å². The molecule has 0 aliphatic heterocycles. The Bertz CT molecular complexity index is 431. The molecule has 4 heteroatoms. The van der Waals surface area contributed by atoms with Gasteiger partial charge >= 0.3 is 5.97 Å². The molecule has 0 saturated carbocycles. The third-order valence-corrected chi connectivity index (χ3v) is 3.12. The van der Waals surface area contributed by atoms with E-state index in [0.717, 1.165) is 30.4 Å². The molecule has 3 nitrogen and oxygen atoms in total. The third kappa shape index (κ3) is 1.80. The zero-order chi connectivity index (χ0) is 11.7. The lowest BCUT2D eigenvalue weighted by molar-refractivity contribution is -0.138. The van der Waals surface area contributed by atoms with Crippen molar-refractivity contribution in [2.75, 3.05) is 6.54 Å². The number of halogens is 1. The van der Waals surface area contributed by atoms with Crippen molar-refractivity contribution in [2.45, 2.75) is 25.2 Å². The van der Waals surface area contributed by atoms with E-state index in [9.17, 15) is 9.18 Å². The quantitative estimate of drug-likeness (QED) is 0.815. The molecule has 1 unspecified atom stereocenters. The SMILES string of the molecule is NCC(C(=O)O)c1cc2c(cc1F)CCC2. The fourth-order valence-corrected chi connectivity index (χ4v) is 2.24. The topological polar surface area (TPSA) is 63.3 Å². The summed E-state index contributed by atoms with van der Waals surface area (Å²) >= 11 is 0. The Balaban J connectivity index is 2.44. The van der Waals surface area contributed by atoms with Crippen LogP contribution < -0.4 is 5.73 Å². The minimum Gasteiger partial charge on any atom is -0.481 e. The van der Waals surface area contributed by atoms with Gasteiger partial charge in [-0.25, -0.2) is 4.39 Å². The predicted molar refractivity (Wildman–Crippen MR) is 57.9 cm³/mol. The number of hydrogen-bond donors (Lipinski definition) is 2. The number of fused-ring (bicyclic) bond motifs is 1. The normalized spacial score (nSPS) is 15.9. The fourth-order valence-electron chi connectivity index (χ4n) is 2.24. The molecule has 0 aromatic heterocycles. The first-order chi connectivity index (χ1) is 7.63. The Hall–Kier alpha value is -1.42. The van der Waals surface area contributed by atoms with Crippen molar-refractivity contribution >= 4 is 5.97 Å². The number of aliphatic carboxylic acids is 1. The Morgan fingerprint density at radius 2 is 2.06 bits per heavy atom. The molecule has 0 amide bonds. The number of carbonyl (C=O) groups is 1. The highest BCUT2D eigenvalue weighted by Crippen LogP contribution is 2.28. The first-order valence-electron chi connectivity index (χ1n) is 5.37. The summed E-state index contributed by atoms with van der Waals surface area (Å²) in [6.45, 7) is -0.0783. The Morgan fingerprint density at radius 3 is 2.62 bits per heavy atom. The van der Waals surface area contributed by atoms with E-state index in [-0.39, 0.29) is 12.1 Å². The highest BCUT2D eigenvalue weighted by Gasteiger charge is 2.24. The molecule has 0 saturated heterocycles. The largest absolute Gasteiger partial charge is 0.481 e. The van der Waals surface area contributed by atoms with Crippen LogP contribution in [0.3, 0.4) is 0 Å². The van der Waals surface area contributed by atoms with Gasteiger partial charge in [-0.2, -0.15) is 0 Å². The lowest BCUT2D eigenvalue weighted by atomic mass is 9.95. The highest BCUT2D eigenvalue weighted by molar-refractivity contribution is 5.76. The van der Waals surface area contributed by atoms with Gasteiger partial charge in [0.15, 0.2) is 0 Å². The number of benzene rings is 1. The average Bonchev–Trinajstić information content (AvgIpc) is 2.65. The Labute approximate surface area is 93.1 Å². The maximum Gasteiger partial charge on any atom is 0.312 e. The van der Waals surface area contributed by atoms with Crippen molar-refractivity contribution in [3.63, 3.8) is 0 Å². The van der Waals surface area contributed by atoms with Crippen molar-refractivity contribution < 1.29 is 14.3 Å². The number of carboxylic acids is 1. The van der Waals surface area contributed by atoms with Gasteiger partial charge in [0.2, 0.25) is 0 Å². The number of carboxylic acid groups (broad SMARTS) is 1. The molecule has 1 aliphatic rings. The summed E-state index contributed by atoms with van der Waals surface area (Å²) in [5.41, 5.74) is 7.66. The molecule has 0 fully saturated rings.